The second-order valence-electron chi connectivity index (χ2n) is 8.38. The van der Waals surface area contributed by atoms with Crippen molar-refractivity contribution >= 4 is 29.1 Å². The molecule has 0 saturated heterocycles. The number of hydrogen-bond donors (Lipinski definition) is 2. The van der Waals surface area contributed by atoms with E-state index in [9.17, 15) is 4.79 Å². The van der Waals surface area contributed by atoms with Crippen molar-refractivity contribution in [2.75, 3.05) is 11.9 Å². The topological polar surface area (TPSA) is 98.3 Å². The number of halogens is 1. The molecule has 1 aliphatic carbocycles. The molecule has 1 amide bonds. The summed E-state index contributed by atoms with van der Waals surface area (Å²) in [5, 5.41) is 10.9. The fourth-order valence-electron chi connectivity index (χ4n) is 3.51. The van der Waals surface area contributed by atoms with Gasteiger partial charge in [0, 0.05) is 26.8 Å². The maximum absolute atomic E-state index is 11.2. The normalized spacial score (nSPS) is 18.8. The van der Waals surface area contributed by atoms with Gasteiger partial charge in [0.15, 0.2) is 0 Å². The standard InChI is InChI=1S/C21H28ClN7O2/c1-13-18(11-29(28-13)21(3,4)23-5)26-20-24-10-17(22)19(27-20)31-12-15-6-8-16(9-7-15)25-14(2)30/h10-11,15-16H,6-9,12H2,1-4H3,(H,25,30)(H,24,26,27). The third kappa shape index (κ3) is 5.85. The van der Waals surface area contributed by atoms with Gasteiger partial charge in [-0.3, -0.25) is 9.64 Å². The Labute approximate surface area is 187 Å². The molecule has 2 aromatic rings. The van der Waals surface area contributed by atoms with E-state index in [-0.39, 0.29) is 11.9 Å². The van der Waals surface area contributed by atoms with Crippen LogP contribution in [0.1, 0.15) is 52.1 Å². The molecule has 2 aromatic heterocycles. The summed E-state index contributed by atoms with van der Waals surface area (Å²) in [6.45, 7) is 14.8. The molecule has 9 nitrogen and oxygen atoms in total. The summed E-state index contributed by atoms with van der Waals surface area (Å²) >= 11 is 6.24. The van der Waals surface area contributed by atoms with Crippen LogP contribution >= 0.6 is 11.6 Å². The fraction of sp³-hybridized carbons (Fsp3) is 0.571. The molecular formula is C21H28ClN7O2. The molecule has 0 spiro atoms. The second-order valence-corrected chi connectivity index (χ2v) is 8.79. The van der Waals surface area contributed by atoms with Gasteiger partial charge in [-0.15, -0.1) is 0 Å². The molecule has 2 N–H and O–H groups in total. The van der Waals surface area contributed by atoms with Gasteiger partial charge in [0.2, 0.25) is 17.7 Å². The van der Waals surface area contributed by atoms with Gasteiger partial charge in [-0.25, -0.2) is 11.6 Å². The smallest absolute Gasteiger partial charge is 0.319 e. The van der Waals surface area contributed by atoms with E-state index in [1.165, 1.54) is 6.20 Å². The summed E-state index contributed by atoms with van der Waals surface area (Å²) in [5.74, 6) is 1.08. The monoisotopic (exact) mass is 445 g/mol. The first-order valence-corrected chi connectivity index (χ1v) is 10.7. The van der Waals surface area contributed by atoms with E-state index < -0.39 is 5.66 Å². The molecule has 3 rings (SSSR count). The Balaban J connectivity index is 1.61. The number of carbonyl (C=O) groups excluding carboxylic acids is 1. The van der Waals surface area contributed by atoms with Crippen molar-refractivity contribution in [3.63, 3.8) is 0 Å². The van der Waals surface area contributed by atoms with Crippen molar-refractivity contribution in [3.05, 3.63) is 34.5 Å². The molecule has 2 heterocycles. The van der Waals surface area contributed by atoms with Crippen molar-refractivity contribution in [2.45, 2.75) is 65.1 Å². The summed E-state index contributed by atoms with van der Waals surface area (Å²) in [7, 11) is 0. The highest BCUT2D eigenvalue weighted by atomic mass is 35.5. The Kier molecular flexibility index (Phi) is 7.01. The molecule has 31 heavy (non-hydrogen) atoms. The van der Waals surface area contributed by atoms with Crippen LogP contribution < -0.4 is 15.4 Å². The number of aryl methyl sites for hydroxylation is 1. The minimum Gasteiger partial charge on any atom is -0.476 e. The van der Waals surface area contributed by atoms with E-state index in [2.05, 4.69) is 30.5 Å². The van der Waals surface area contributed by atoms with Gasteiger partial charge in [0.05, 0.1) is 30.4 Å². The number of amides is 1. The number of hydrogen-bond acceptors (Lipinski definition) is 6. The van der Waals surface area contributed by atoms with E-state index in [1.807, 2.05) is 6.92 Å². The molecule has 166 valence electrons. The zero-order chi connectivity index (χ0) is 22.6. The van der Waals surface area contributed by atoms with Crippen molar-refractivity contribution in [1.29, 1.82) is 0 Å². The van der Waals surface area contributed by atoms with Crippen LogP contribution in [0.5, 0.6) is 5.88 Å². The van der Waals surface area contributed by atoms with Crippen molar-refractivity contribution in [2.24, 2.45) is 5.92 Å². The zero-order valence-corrected chi connectivity index (χ0v) is 19.0. The number of aromatic nitrogens is 4. The lowest BCUT2D eigenvalue weighted by molar-refractivity contribution is -0.119. The van der Waals surface area contributed by atoms with Gasteiger partial charge >= 0.3 is 5.66 Å². The number of carbonyl (C=O) groups is 1. The number of ether oxygens (including phenoxy) is 1. The van der Waals surface area contributed by atoms with Crippen LogP contribution in [0, 0.1) is 19.4 Å². The molecule has 1 saturated carbocycles. The van der Waals surface area contributed by atoms with Crippen molar-refractivity contribution in [1.82, 2.24) is 25.1 Å². The summed E-state index contributed by atoms with van der Waals surface area (Å²) in [5.41, 5.74) is 0.661. The third-order valence-electron chi connectivity index (χ3n) is 5.40. The number of rotatable bonds is 7. The van der Waals surface area contributed by atoms with E-state index in [0.717, 1.165) is 31.4 Å². The van der Waals surface area contributed by atoms with Gasteiger partial charge in [-0.1, -0.05) is 11.6 Å². The Morgan fingerprint density at radius 2 is 2.10 bits per heavy atom. The van der Waals surface area contributed by atoms with Crippen LogP contribution in [0.15, 0.2) is 12.4 Å². The SMILES string of the molecule is [C-]#[N+]C(C)(C)n1cc(Nc2ncc(Cl)c(OCC3CCC(NC(C)=O)CC3)n2)c(C)n1. The maximum atomic E-state index is 11.2. The average molecular weight is 446 g/mol. The Hall–Kier alpha value is -2.86. The summed E-state index contributed by atoms with van der Waals surface area (Å²) in [6.07, 6.45) is 7.12. The second kappa shape index (κ2) is 9.52. The molecule has 1 aliphatic rings. The van der Waals surface area contributed by atoms with Crippen molar-refractivity contribution in [3.8, 4) is 5.88 Å². The Morgan fingerprint density at radius 1 is 1.39 bits per heavy atom. The number of nitrogens with one attached hydrogen (secondary N) is 2. The molecule has 0 bridgehead atoms. The zero-order valence-electron chi connectivity index (χ0n) is 18.3. The largest absolute Gasteiger partial charge is 0.476 e. The predicted molar refractivity (Wildman–Crippen MR) is 118 cm³/mol. The maximum Gasteiger partial charge on any atom is 0.319 e. The quantitative estimate of drug-likeness (QED) is 0.623. The highest BCUT2D eigenvalue weighted by molar-refractivity contribution is 6.31. The minimum absolute atomic E-state index is 0.0194. The Bertz CT molecular complexity index is 975. The van der Waals surface area contributed by atoms with Gasteiger partial charge in [-0.05, 0) is 38.5 Å². The molecule has 10 heteroatoms. The minimum atomic E-state index is -0.779. The van der Waals surface area contributed by atoms with Gasteiger partial charge < -0.3 is 15.4 Å². The lowest BCUT2D eigenvalue weighted by atomic mass is 9.86. The average Bonchev–Trinajstić information content (AvgIpc) is 3.10. The fourth-order valence-corrected chi connectivity index (χ4v) is 3.65. The predicted octanol–water partition coefficient (Wildman–Crippen LogP) is 4.06. The van der Waals surface area contributed by atoms with Crippen LogP contribution in [0.25, 0.3) is 4.85 Å². The van der Waals surface area contributed by atoms with Crippen LogP contribution in [0.4, 0.5) is 11.6 Å². The molecule has 1 fully saturated rings. The first-order chi connectivity index (χ1) is 14.7. The van der Waals surface area contributed by atoms with E-state index in [4.69, 9.17) is 22.9 Å². The summed E-state index contributed by atoms with van der Waals surface area (Å²) in [6, 6.07) is 0.254. The molecular weight excluding hydrogens is 418 g/mol. The van der Waals surface area contributed by atoms with Gasteiger partial charge in [0.1, 0.15) is 5.02 Å². The van der Waals surface area contributed by atoms with Crippen LogP contribution in [0.3, 0.4) is 0 Å². The van der Waals surface area contributed by atoms with Crippen LogP contribution in [0.2, 0.25) is 5.02 Å². The molecule has 0 aliphatic heterocycles. The Morgan fingerprint density at radius 3 is 2.74 bits per heavy atom. The molecule has 0 aromatic carbocycles. The molecule has 0 atom stereocenters. The number of anilines is 2. The van der Waals surface area contributed by atoms with Gasteiger partial charge in [0.25, 0.3) is 0 Å². The van der Waals surface area contributed by atoms with E-state index in [1.54, 1.807) is 31.6 Å². The summed E-state index contributed by atoms with van der Waals surface area (Å²) in [4.78, 5) is 23.4. The lowest BCUT2D eigenvalue weighted by Crippen LogP contribution is -2.37. The van der Waals surface area contributed by atoms with E-state index >= 15 is 0 Å². The first-order valence-electron chi connectivity index (χ1n) is 10.3. The first kappa shape index (κ1) is 22.8. The molecule has 0 radical (unpaired) electrons. The lowest BCUT2D eigenvalue weighted by Gasteiger charge is -2.28. The molecule has 0 unspecified atom stereocenters. The van der Waals surface area contributed by atoms with Gasteiger partial charge in [-0.2, -0.15) is 14.8 Å². The summed E-state index contributed by atoms with van der Waals surface area (Å²) < 4.78 is 7.52. The highest BCUT2D eigenvalue weighted by Crippen LogP contribution is 2.29. The van der Waals surface area contributed by atoms with Crippen molar-refractivity contribution < 1.29 is 9.53 Å². The highest BCUT2D eigenvalue weighted by Gasteiger charge is 2.27. The third-order valence-corrected chi connectivity index (χ3v) is 5.66. The van der Waals surface area contributed by atoms with Crippen LogP contribution in [-0.4, -0.2) is 38.3 Å². The van der Waals surface area contributed by atoms with Crippen LogP contribution in [-0.2, 0) is 10.5 Å². The van der Waals surface area contributed by atoms with E-state index in [0.29, 0.717) is 35.1 Å². The number of nitrogens with zero attached hydrogens (tertiary/aromatic N) is 5.